The number of hydrogen-bond acceptors (Lipinski definition) is 8. The number of Topliss-reactive ketones (excluding diaryl/α,β-unsaturated/α-hetero) is 1. The topological polar surface area (TPSA) is 82.1 Å². The van der Waals surface area contributed by atoms with E-state index in [0.717, 1.165) is 16.2 Å². The van der Waals surface area contributed by atoms with Crippen molar-refractivity contribution in [2.75, 3.05) is 24.7 Å². The molecule has 1 aliphatic heterocycles. The molecule has 0 saturated heterocycles. The van der Waals surface area contributed by atoms with Gasteiger partial charge in [0, 0.05) is 16.6 Å². The molecule has 2 aromatic heterocycles. The maximum atomic E-state index is 13.0. The third kappa shape index (κ3) is 4.95. The minimum absolute atomic E-state index is 0.124. The molecule has 0 atom stereocenters. The zero-order valence-electron chi connectivity index (χ0n) is 16.7. The van der Waals surface area contributed by atoms with Gasteiger partial charge >= 0.3 is 5.97 Å². The summed E-state index contributed by atoms with van der Waals surface area (Å²) in [7, 11) is 0. The summed E-state index contributed by atoms with van der Waals surface area (Å²) in [6.07, 6.45) is 0. The molecule has 1 aliphatic rings. The van der Waals surface area contributed by atoms with Crippen LogP contribution < -0.4 is 14.4 Å². The molecule has 9 heteroatoms. The molecule has 0 unspecified atom stereocenters. The van der Waals surface area contributed by atoms with E-state index in [0.29, 0.717) is 41.8 Å². The van der Waals surface area contributed by atoms with Crippen LogP contribution in [0.4, 0.5) is 5.69 Å². The van der Waals surface area contributed by atoms with E-state index in [-0.39, 0.29) is 16.6 Å². The second-order valence-corrected chi connectivity index (χ2v) is 8.80. The fraction of sp³-hybridized carbons (Fsp3) is 0.227. The van der Waals surface area contributed by atoms with E-state index in [9.17, 15) is 14.4 Å². The van der Waals surface area contributed by atoms with Crippen molar-refractivity contribution < 1.29 is 28.6 Å². The van der Waals surface area contributed by atoms with Gasteiger partial charge in [-0.05, 0) is 42.6 Å². The van der Waals surface area contributed by atoms with Crippen LogP contribution in [0.2, 0.25) is 0 Å². The molecule has 1 amide bonds. The molecule has 31 heavy (non-hydrogen) atoms. The molecule has 7 nitrogen and oxygen atoms in total. The molecular weight excluding hydrogens is 438 g/mol. The van der Waals surface area contributed by atoms with Gasteiger partial charge in [0.1, 0.15) is 18.1 Å². The average Bonchev–Trinajstić information content (AvgIpc) is 3.47. The number of ketones is 1. The molecule has 3 heterocycles. The second-order valence-electron chi connectivity index (χ2n) is 6.68. The summed E-state index contributed by atoms with van der Waals surface area (Å²) in [4.78, 5) is 40.0. The predicted octanol–water partition coefficient (Wildman–Crippen LogP) is 4.17. The van der Waals surface area contributed by atoms with Gasteiger partial charge in [0.15, 0.2) is 23.9 Å². The van der Waals surface area contributed by atoms with Crippen LogP contribution in [0.15, 0.2) is 47.8 Å². The Morgan fingerprint density at radius 3 is 2.52 bits per heavy atom. The summed E-state index contributed by atoms with van der Waals surface area (Å²) in [5, 5.41) is 1.94. The minimum Gasteiger partial charge on any atom is -0.486 e. The molecule has 0 spiro atoms. The number of hydrogen-bond donors (Lipinski definition) is 0. The van der Waals surface area contributed by atoms with Crippen LogP contribution in [0, 0.1) is 0 Å². The lowest BCUT2D eigenvalue weighted by molar-refractivity contribution is -0.121. The quantitative estimate of drug-likeness (QED) is 0.391. The minimum atomic E-state index is -0.635. The molecule has 1 aromatic carbocycles. The van der Waals surface area contributed by atoms with Crippen molar-refractivity contribution in [3.05, 3.63) is 62.5 Å². The van der Waals surface area contributed by atoms with Gasteiger partial charge in [-0.25, -0.2) is 4.79 Å². The SMILES string of the molecule is CC(=O)c1ccc(C(=O)OCC(=O)N(Cc2cccs2)c2ccc3c(c2)OCCO3)s1. The zero-order valence-corrected chi connectivity index (χ0v) is 18.3. The van der Waals surface area contributed by atoms with Crippen molar-refractivity contribution in [3.63, 3.8) is 0 Å². The molecule has 4 rings (SSSR count). The average molecular weight is 458 g/mol. The van der Waals surface area contributed by atoms with Gasteiger partial charge in [0.05, 0.1) is 11.4 Å². The van der Waals surface area contributed by atoms with Crippen LogP contribution >= 0.6 is 22.7 Å². The molecule has 0 fully saturated rings. The number of rotatable bonds is 7. The number of nitrogens with zero attached hydrogens (tertiary/aromatic N) is 1. The summed E-state index contributed by atoms with van der Waals surface area (Å²) < 4.78 is 16.4. The summed E-state index contributed by atoms with van der Waals surface area (Å²) in [5.74, 6) is 0.0655. The summed E-state index contributed by atoms with van der Waals surface area (Å²) >= 11 is 2.58. The van der Waals surface area contributed by atoms with Gasteiger partial charge in [-0.15, -0.1) is 22.7 Å². The largest absolute Gasteiger partial charge is 0.486 e. The third-order valence-corrected chi connectivity index (χ3v) is 6.54. The summed E-state index contributed by atoms with van der Waals surface area (Å²) in [6, 6.07) is 12.2. The predicted molar refractivity (Wildman–Crippen MR) is 118 cm³/mol. The number of carbonyl (C=O) groups excluding carboxylic acids is 3. The normalized spacial score (nSPS) is 12.3. The lowest BCUT2D eigenvalue weighted by Gasteiger charge is -2.25. The number of ether oxygens (including phenoxy) is 3. The van der Waals surface area contributed by atoms with Crippen molar-refractivity contribution in [2.45, 2.75) is 13.5 Å². The highest BCUT2D eigenvalue weighted by molar-refractivity contribution is 7.15. The molecule has 0 saturated carbocycles. The van der Waals surface area contributed by atoms with Crippen LogP contribution in [0.3, 0.4) is 0 Å². The fourth-order valence-electron chi connectivity index (χ4n) is 2.99. The van der Waals surface area contributed by atoms with E-state index < -0.39 is 12.6 Å². The highest BCUT2D eigenvalue weighted by atomic mass is 32.1. The first-order valence-electron chi connectivity index (χ1n) is 9.51. The van der Waals surface area contributed by atoms with Gasteiger partial charge in [0.2, 0.25) is 0 Å². The van der Waals surface area contributed by atoms with Crippen molar-refractivity contribution in [2.24, 2.45) is 0 Å². The number of fused-ring (bicyclic) bond motifs is 1. The van der Waals surface area contributed by atoms with E-state index >= 15 is 0 Å². The van der Waals surface area contributed by atoms with E-state index in [2.05, 4.69) is 0 Å². The number of esters is 1. The fourth-order valence-corrected chi connectivity index (χ4v) is 4.48. The van der Waals surface area contributed by atoms with Gasteiger partial charge < -0.3 is 19.1 Å². The second kappa shape index (κ2) is 9.32. The Bertz CT molecular complexity index is 1110. The van der Waals surface area contributed by atoms with Crippen molar-refractivity contribution in [1.29, 1.82) is 0 Å². The first-order valence-corrected chi connectivity index (χ1v) is 11.2. The van der Waals surface area contributed by atoms with Crippen LogP contribution in [0.1, 0.15) is 31.1 Å². The number of thiophene rings is 2. The van der Waals surface area contributed by atoms with Gasteiger partial charge in [-0.1, -0.05) is 6.07 Å². The Hall–Kier alpha value is -3.17. The summed E-state index contributed by atoms with van der Waals surface area (Å²) in [6.45, 7) is 2.26. The van der Waals surface area contributed by atoms with Gasteiger partial charge in [-0.3, -0.25) is 9.59 Å². The monoisotopic (exact) mass is 457 g/mol. The maximum Gasteiger partial charge on any atom is 0.348 e. The molecule has 0 N–H and O–H groups in total. The lowest BCUT2D eigenvalue weighted by Crippen LogP contribution is -2.34. The van der Waals surface area contributed by atoms with Gasteiger partial charge in [-0.2, -0.15) is 0 Å². The third-order valence-electron chi connectivity index (χ3n) is 4.51. The van der Waals surface area contributed by atoms with E-state index in [4.69, 9.17) is 14.2 Å². The molecule has 0 radical (unpaired) electrons. The first kappa shape index (κ1) is 21.1. The lowest BCUT2D eigenvalue weighted by atomic mass is 10.2. The molecular formula is C22H19NO6S2. The number of carbonyl (C=O) groups is 3. The van der Waals surface area contributed by atoms with Crippen molar-refractivity contribution in [1.82, 2.24) is 0 Å². The van der Waals surface area contributed by atoms with E-state index in [1.54, 1.807) is 29.2 Å². The molecule has 0 bridgehead atoms. The van der Waals surface area contributed by atoms with Crippen LogP contribution in [0.25, 0.3) is 0 Å². The number of anilines is 1. The molecule has 3 aromatic rings. The standard InChI is InChI=1S/C22H19NO6S2/c1-14(24)19-6-7-20(31-19)22(26)29-13-21(25)23(12-16-3-2-10-30-16)15-4-5-17-18(11-15)28-9-8-27-17/h2-7,10-11H,8-9,12-13H2,1H3. The van der Waals surface area contributed by atoms with Crippen molar-refractivity contribution >= 4 is 46.0 Å². The molecule has 0 aliphatic carbocycles. The Morgan fingerprint density at radius 1 is 1.03 bits per heavy atom. The Kier molecular flexibility index (Phi) is 6.34. The van der Waals surface area contributed by atoms with E-state index in [1.807, 2.05) is 17.5 Å². The highest BCUT2D eigenvalue weighted by Crippen LogP contribution is 2.34. The smallest absolute Gasteiger partial charge is 0.348 e. The van der Waals surface area contributed by atoms with Crippen LogP contribution in [-0.4, -0.2) is 37.5 Å². The first-order chi connectivity index (χ1) is 15.0. The van der Waals surface area contributed by atoms with Crippen LogP contribution in [-0.2, 0) is 16.1 Å². The summed E-state index contributed by atoms with van der Waals surface area (Å²) in [5.41, 5.74) is 0.619. The van der Waals surface area contributed by atoms with Crippen LogP contribution in [0.5, 0.6) is 11.5 Å². The van der Waals surface area contributed by atoms with Crippen molar-refractivity contribution in [3.8, 4) is 11.5 Å². The Morgan fingerprint density at radius 2 is 1.81 bits per heavy atom. The number of benzene rings is 1. The van der Waals surface area contributed by atoms with Gasteiger partial charge in [0.25, 0.3) is 5.91 Å². The zero-order chi connectivity index (χ0) is 21.8. The maximum absolute atomic E-state index is 13.0. The van der Waals surface area contributed by atoms with E-state index in [1.165, 1.54) is 24.3 Å². The molecule has 160 valence electrons. The highest BCUT2D eigenvalue weighted by Gasteiger charge is 2.22. The Labute approximate surface area is 186 Å². The Balaban J connectivity index is 1.50. The number of amides is 1.